The molecule has 0 aliphatic rings. The molecular formula is C23H23ClN4O3S. The zero-order valence-electron chi connectivity index (χ0n) is 17.5. The topological polar surface area (TPSA) is 116 Å². The van der Waals surface area contributed by atoms with Crippen molar-refractivity contribution < 1.29 is 13.2 Å². The molecule has 0 saturated carbocycles. The van der Waals surface area contributed by atoms with Crippen molar-refractivity contribution in [3.63, 3.8) is 0 Å². The number of benzene rings is 3. The quantitative estimate of drug-likeness (QED) is 0.563. The number of carbonyl (C=O) groups is 1. The van der Waals surface area contributed by atoms with E-state index < -0.39 is 15.9 Å². The van der Waals surface area contributed by atoms with Crippen molar-refractivity contribution in [3.05, 3.63) is 89.5 Å². The largest absolute Gasteiger partial charge is 0.324 e. The van der Waals surface area contributed by atoms with E-state index in [9.17, 15) is 13.2 Å². The van der Waals surface area contributed by atoms with Crippen molar-refractivity contribution in [3.8, 4) is 6.07 Å². The van der Waals surface area contributed by atoms with Crippen molar-refractivity contribution in [2.24, 2.45) is 5.73 Å². The van der Waals surface area contributed by atoms with Crippen LogP contribution in [0.5, 0.6) is 0 Å². The van der Waals surface area contributed by atoms with Crippen LogP contribution in [0.15, 0.2) is 77.7 Å². The molecule has 9 heteroatoms. The number of anilines is 2. The van der Waals surface area contributed by atoms with Gasteiger partial charge in [0, 0.05) is 24.3 Å². The van der Waals surface area contributed by atoms with Gasteiger partial charge in [-0.3, -0.25) is 9.10 Å². The summed E-state index contributed by atoms with van der Waals surface area (Å²) in [5.41, 5.74) is 8.41. The van der Waals surface area contributed by atoms with Crippen molar-refractivity contribution in [1.29, 1.82) is 5.26 Å². The SMILES string of the molecule is C[C@H](N)c1ccc(N(C)S(=O)(=O)c2cccc(C(=O)Nc3ccc(C#N)cc3)c2)cc1.Cl. The summed E-state index contributed by atoms with van der Waals surface area (Å²) in [6.45, 7) is 1.85. The van der Waals surface area contributed by atoms with Crippen LogP contribution >= 0.6 is 12.4 Å². The predicted octanol–water partition coefficient (Wildman–Crippen LogP) is 4.08. The smallest absolute Gasteiger partial charge is 0.264 e. The molecule has 7 nitrogen and oxygen atoms in total. The number of sulfonamides is 1. The summed E-state index contributed by atoms with van der Waals surface area (Å²) in [5.74, 6) is -0.453. The molecule has 1 amide bonds. The minimum Gasteiger partial charge on any atom is -0.324 e. The van der Waals surface area contributed by atoms with Gasteiger partial charge in [0.15, 0.2) is 0 Å². The van der Waals surface area contributed by atoms with E-state index in [4.69, 9.17) is 11.0 Å². The first-order chi connectivity index (χ1) is 14.7. The second-order valence-electron chi connectivity index (χ2n) is 7.02. The Morgan fingerprint density at radius 1 is 1.06 bits per heavy atom. The molecule has 0 spiro atoms. The van der Waals surface area contributed by atoms with Gasteiger partial charge in [0.25, 0.3) is 15.9 Å². The third-order valence-electron chi connectivity index (χ3n) is 4.81. The molecule has 3 aromatic rings. The van der Waals surface area contributed by atoms with Crippen LogP contribution in [0.4, 0.5) is 11.4 Å². The van der Waals surface area contributed by atoms with Crippen LogP contribution in [-0.2, 0) is 10.0 Å². The van der Waals surface area contributed by atoms with E-state index in [1.165, 1.54) is 31.3 Å². The molecule has 1 atom stereocenters. The number of carbonyl (C=O) groups excluding carboxylic acids is 1. The van der Waals surface area contributed by atoms with Crippen LogP contribution < -0.4 is 15.4 Å². The molecule has 0 aromatic heterocycles. The van der Waals surface area contributed by atoms with E-state index in [2.05, 4.69) is 5.32 Å². The number of halogens is 1. The van der Waals surface area contributed by atoms with E-state index in [0.717, 1.165) is 9.87 Å². The van der Waals surface area contributed by atoms with Gasteiger partial charge in [-0.15, -0.1) is 12.4 Å². The third kappa shape index (κ3) is 5.45. The van der Waals surface area contributed by atoms with E-state index in [1.54, 1.807) is 48.5 Å². The Hall–Kier alpha value is -3.38. The fourth-order valence-corrected chi connectivity index (χ4v) is 4.16. The highest BCUT2D eigenvalue weighted by molar-refractivity contribution is 7.92. The van der Waals surface area contributed by atoms with Gasteiger partial charge in [0.1, 0.15) is 0 Å². The highest BCUT2D eigenvalue weighted by Crippen LogP contribution is 2.24. The van der Waals surface area contributed by atoms with Crippen LogP contribution in [0.1, 0.15) is 34.5 Å². The number of nitrogens with one attached hydrogen (secondary N) is 1. The second kappa shape index (κ2) is 10.3. The summed E-state index contributed by atoms with van der Waals surface area (Å²) >= 11 is 0. The fourth-order valence-electron chi connectivity index (χ4n) is 2.91. The van der Waals surface area contributed by atoms with Crippen LogP contribution in [-0.4, -0.2) is 21.4 Å². The number of amides is 1. The highest BCUT2D eigenvalue weighted by Gasteiger charge is 2.22. The molecule has 0 heterocycles. The predicted molar refractivity (Wildman–Crippen MR) is 127 cm³/mol. The molecular weight excluding hydrogens is 448 g/mol. The molecule has 0 fully saturated rings. The van der Waals surface area contributed by atoms with E-state index >= 15 is 0 Å². The third-order valence-corrected chi connectivity index (χ3v) is 6.59. The van der Waals surface area contributed by atoms with Crippen molar-refractivity contribution in [1.82, 2.24) is 0 Å². The Kier molecular flexibility index (Phi) is 8.00. The van der Waals surface area contributed by atoms with Gasteiger partial charge in [-0.1, -0.05) is 18.2 Å². The molecule has 3 N–H and O–H groups in total. The number of hydrogen-bond acceptors (Lipinski definition) is 5. The van der Waals surface area contributed by atoms with Crippen molar-refractivity contribution in [2.45, 2.75) is 17.9 Å². The molecule has 0 bridgehead atoms. The van der Waals surface area contributed by atoms with Crippen LogP contribution in [0.25, 0.3) is 0 Å². The zero-order valence-corrected chi connectivity index (χ0v) is 19.2. The molecule has 0 radical (unpaired) electrons. The normalized spacial score (nSPS) is 11.6. The lowest BCUT2D eigenvalue weighted by atomic mass is 10.1. The molecule has 0 aliphatic carbocycles. The molecule has 0 saturated heterocycles. The minimum absolute atomic E-state index is 0. The summed E-state index contributed by atoms with van der Waals surface area (Å²) < 4.78 is 27.4. The van der Waals surface area contributed by atoms with Crippen LogP contribution in [0.2, 0.25) is 0 Å². The number of nitrogens with two attached hydrogens (primary N) is 1. The minimum atomic E-state index is -3.88. The molecule has 0 aliphatic heterocycles. The van der Waals surface area contributed by atoms with Gasteiger partial charge in [-0.2, -0.15) is 5.26 Å². The van der Waals surface area contributed by atoms with Crippen LogP contribution in [0.3, 0.4) is 0 Å². The Labute approximate surface area is 193 Å². The Morgan fingerprint density at radius 2 is 1.69 bits per heavy atom. The van der Waals surface area contributed by atoms with Crippen LogP contribution in [0, 0.1) is 11.3 Å². The van der Waals surface area contributed by atoms with Gasteiger partial charge in [0.05, 0.1) is 22.2 Å². The summed E-state index contributed by atoms with van der Waals surface area (Å²) in [6, 6.07) is 21.0. The Morgan fingerprint density at radius 3 is 2.25 bits per heavy atom. The number of rotatable bonds is 6. The molecule has 3 aromatic carbocycles. The number of hydrogen-bond donors (Lipinski definition) is 2. The van der Waals surface area contributed by atoms with E-state index in [-0.39, 0.29) is 28.9 Å². The molecule has 166 valence electrons. The van der Waals surface area contributed by atoms with Crippen molar-refractivity contribution >= 4 is 39.7 Å². The average Bonchev–Trinajstić information content (AvgIpc) is 2.79. The zero-order chi connectivity index (χ0) is 22.6. The summed E-state index contributed by atoms with van der Waals surface area (Å²) in [6.07, 6.45) is 0. The lowest BCUT2D eigenvalue weighted by molar-refractivity contribution is 0.102. The van der Waals surface area contributed by atoms with Gasteiger partial charge < -0.3 is 11.1 Å². The maximum absolute atomic E-state index is 13.1. The standard InChI is InChI=1S/C23H22N4O3S.ClH/c1-16(25)18-8-12-21(13-9-18)27(2)31(29,30)22-5-3-4-19(14-22)23(28)26-20-10-6-17(15-24)7-11-20;/h3-14,16H,25H2,1-2H3,(H,26,28);1H/t16-;/m0./s1. The monoisotopic (exact) mass is 470 g/mol. The first-order valence-corrected chi connectivity index (χ1v) is 10.9. The molecule has 32 heavy (non-hydrogen) atoms. The van der Waals surface area contributed by atoms with Gasteiger partial charge in [0.2, 0.25) is 0 Å². The first-order valence-electron chi connectivity index (χ1n) is 9.48. The first kappa shape index (κ1) is 24.9. The van der Waals surface area contributed by atoms with Gasteiger partial charge >= 0.3 is 0 Å². The Bertz CT molecular complexity index is 1240. The summed E-state index contributed by atoms with van der Waals surface area (Å²) in [5, 5.41) is 11.6. The van der Waals surface area contributed by atoms with Gasteiger partial charge in [-0.25, -0.2) is 8.42 Å². The van der Waals surface area contributed by atoms with Crippen molar-refractivity contribution in [2.75, 3.05) is 16.7 Å². The van der Waals surface area contributed by atoms with E-state index in [1.807, 2.05) is 13.0 Å². The fraction of sp³-hybridized carbons (Fsp3) is 0.130. The second-order valence-corrected chi connectivity index (χ2v) is 8.99. The van der Waals surface area contributed by atoms with Gasteiger partial charge in [-0.05, 0) is 67.1 Å². The summed E-state index contributed by atoms with van der Waals surface area (Å²) in [4.78, 5) is 12.6. The lowest BCUT2D eigenvalue weighted by Crippen LogP contribution is -2.27. The maximum Gasteiger partial charge on any atom is 0.264 e. The maximum atomic E-state index is 13.1. The molecule has 3 rings (SSSR count). The Balaban J connectivity index is 0.00000363. The number of nitrogens with zero attached hydrogens (tertiary/aromatic N) is 2. The lowest BCUT2D eigenvalue weighted by Gasteiger charge is -2.20. The average molecular weight is 471 g/mol. The molecule has 0 unspecified atom stereocenters. The summed E-state index contributed by atoms with van der Waals surface area (Å²) in [7, 11) is -2.42. The van der Waals surface area contributed by atoms with E-state index in [0.29, 0.717) is 16.9 Å². The number of nitriles is 1. The highest BCUT2D eigenvalue weighted by atomic mass is 35.5.